The molecule has 1 aliphatic rings. The third-order valence-electron chi connectivity index (χ3n) is 5.90. The summed E-state index contributed by atoms with van der Waals surface area (Å²) in [4.78, 5) is 12.2. The van der Waals surface area contributed by atoms with Gasteiger partial charge in [0.05, 0.1) is 6.26 Å². The van der Waals surface area contributed by atoms with Crippen LogP contribution in [0.1, 0.15) is 24.0 Å². The summed E-state index contributed by atoms with van der Waals surface area (Å²) in [5, 5.41) is 16.7. The van der Waals surface area contributed by atoms with E-state index in [-0.39, 0.29) is 25.2 Å². The summed E-state index contributed by atoms with van der Waals surface area (Å²) in [5.41, 5.74) is 3.30. The highest BCUT2D eigenvalue weighted by molar-refractivity contribution is 7.85. The van der Waals surface area contributed by atoms with Gasteiger partial charge in [0.1, 0.15) is 24.2 Å². The Kier molecular flexibility index (Phi) is 11.8. The van der Waals surface area contributed by atoms with Crippen LogP contribution in [0.4, 0.5) is 5.69 Å². The fraction of sp³-hybridized carbons (Fsp3) is 0.345. The molecule has 0 heterocycles. The number of anilines is 1. The van der Waals surface area contributed by atoms with Crippen molar-refractivity contribution in [1.29, 1.82) is 0 Å². The SMILES string of the molecule is CS(=O)(=O)O.O=C(COc1ccc2c(c1)CC(NCC(O)COc1ccccc1)CCC2)Nc1ccccc1. The Morgan fingerprint density at radius 1 is 0.974 bits per heavy atom. The summed E-state index contributed by atoms with van der Waals surface area (Å²) in [6.45, 7) is 0.689. The number of carbonyl (C=O) groups excluding carboxylic acids is 1. The van der Waals surface area contributed by atoms with Crippen LogP contribution >= 0.6 is 0 Å². The predicted octanol–water partition coefficient (Wildman–Crippen LogP) is 3.49. The van der Waals surface area contributed by atoms with E-state index >= 15 is 0 Å². The molecule has 210 valence electrons. The Bertz CT molecular complexity index is 1260. The molecule has 4 N–H and O–H groups in total. The highest BCUT2D eigenvalue weighted by Crippen LogP contribution is 2.25. The van der Waals surface area contributed by atoms with Crippen molar-refractivity contribution in [2.45, 2.75) is 37.8 Å². The molecule has 0 saturated heterocycles. The number of benzene rings is 3. The minimum Gasteiger partial charge on any atom is -0.491 e. The van der Waals surface area contributed by atoms with Crippen LogP contribution in [-0.4, -0.2) is 62.1 Å². The standard InChI is InChI=1S/C28H32N2O4.CH4O3S/c31-25(19-33-26-12-5-2-6-13-26)18-29-24-11-7-8-21-14-15-27(17-22(21)16-24)34-20-28(32)30-23-9-3-1-4-10-23;1-5(2,3)4/h1-6,9-10,12-15,17,24-25,29,31H,7-8,11,16,18-20H2,(H,30,32);1H3,(H,2,3,4). The molecule has 2 unspecified atom stereocenters. The third kappa shape index (κ3) is 12.3. The number of hydrogen-bond acceptors (Lipinski definition) is 7. The van der Waals surface area contributed by atoms with Gasteiger partial charge in [0.25, 0.3) is 16.0 Å². The summed E-state index contributed by atoms with van der Waals surface area (Å²) in [5.74, 6) is 1.27. The lowest BCUT2D eigenvalue weighted by Gasteiger charge is -2.20. The van der Waals surface area contributed by atoms with Gasteiger partial charge >= 0.3 is 0 Å². The molecule has 0 saturated carbocycles. The van der Waals surface area contributed by atoms with E-state index in [0.717, 1.165) is 37.1 Å². The molecule has 0 fully saturated rings. The van der Waals surface area contributed by atoms with Gasteiger partial charge in [-0.25, -0.2) is 0 Å². The maximum absolute atomic E-state index is 12.2. The lowest BCUT2D eigenvalue weighted by atomic mass is 10.0. The van der Waals surface area contributed by atoms with Crippen LogP contribution < -0.4 is 20.1 Å². The van der Waals surface area contributed by atoms with Crippen LogP contribution in [0.5, 0.6) is 11.5 Å². The van der Waals surface area contributed by atoms with Gasteiger partial charge in [0, 0.05) is 18.3 Å². The number of amides is 1. The van der Waals surface area contributed by atoms with Gasteiger partial charge < -0.3 is 25.2 Å². The predicted molar refractivity (Wildman–Crippen MR) is 151 cm³/mol. The molecule has 3 aromatic rings. The third-order valence-corrected chi connectivity index (χ3v) is 5.90. The summed E-state index contributed by atoms with van der Waals surface area (Å²) >= 11 is 0. The highest BCUT2D eigenvalue weighted by Gasteiger charge is 2.18. The van der Waals surface area contributed by atoms with E-state index < -0.39 is 16.2 Å². The van der Waals surface area contributed by atoms with Crippen molar-refractivity contribution in [1.82, 2.24) is 5.32 Å². The van der Waals surface area contributed by atoms with E-state index in [2.05, 4.69) is 16.7 Å². The first-order chi connectivity index (χ1) is 18.7. The minimum atomic E-state index is -3.67. The molecule has 0 bridgehead atoms. The molecule has 2 atom stereocenters. The fourth-order valence-electron chi connectivity index (χ4n) is 4.14. The monoisotopic (exact) mass is 556 g/mol. The second-order valence-electron chi connectivity index (χ2n) is 9.35. The number of ether oxygens (including phenoxy) is 2. The van der Waals surface area contributed by atoms with Crippen LogP contribution in [0.2, 0.25) is 0 Å². The number of aliphatic hydroxyl groups excluding tert-OH is 1. The smallest absolute Gasteiger partial charge is 0.262 e. The van der Waals surface area contributed by atoms with E-state index in [1.165, 1.54) is 11.1 Å². The zero-order chi connectivity index (χ0) is 28.1. The van der Waals surface area contributed by atoms with E-state index in [9.17, 15) is 18.3 Å². The fourth-order valence-corrected chi connectivity index (χ4v) is 4.14. The van der Waals surface area contributed by atoms with E-state index in [1.807, 2.05) is 72.8 Å². The largest absolute Gasteiger partial charge is 0.491 e. The lowest BCUT2D eigenvalue weighted by Crippen LogP contribution is -2.39. The van der Waals surface area contributed by atoms with Gasteiger partial charge in [-0.05, 0) is 73.2 Å². The van der Waals surface area contributed by atoms with Crippen molar-refractivity contribution in [2.75, 3.05) is 31.3 Å². The molecule has 0 radical (unpaired) electrons. The molecule has 3 aromatic carbocycles. The van der Waals surface area contributed by atoms with E-state index in [1.54, 1.807) is 0 Å². The Morgan fingerprint density at radius 3 is 2.33 bits per heavy atom. The normalized spacial score (nSPS) is 15.5. The van der Waals surface area contributed by atoms with E-state index in [4.69, 9.17) is 14.0 Å². The Balaban J connectivity index is 0.000000771. The average molecular weight is 557 g/mol. The Morgan fingerprint density at radius 2 is 1.64 bits per heavy atom. The van der Waals surface area contributed by atoms with E-state index in [0.29, 0.717) is 18.6 Å². The molecule has 0 spiro atoms. The number of hydrogen-bond donors (Lipinski definition) is 4. The number of para-hydroxylation sites is 2. The van der Waals surface area contributed by atoms with Crippen molar-refractivity contribution in [3.63, 3.8) is 0 Å². The molecule has 10 heteroatoms. The first-order valence-corrected chi connectivity index (χ1v) is 14.6. The van der Waals surface area contributed by atoms with Crippen LogP contribution in [0.3, 0.4) is 0 Å². The summed E-state index contributed by atoms with van der Waals surface area (Å²) in [7, 11) is -3.67. The Labute approximate surface area is 229 Å². The molecule has 1 amide bonds. The quantitative estimate of drug-likeness (QED) is 0.220. The van der Waals surface area contributed by atoms with Gasteiger partial charge in [-0.15, -0.1) is 0 Å². The van der Waals surface area contributed by atoms with Gasteiger partial charge in [-0.1, -0.05) is 42.5 Å². The van der Waals surface area contributed by atoms with Crippen LogP contribution in [0.25, 0.3) is 0 Å². The van der Waals surface area contributed by atoms with Crippen molar-refractivity contribution < 1.29 is 32.3 Å². The summed E-state index contributed by atoms with van der Waals surface area (Å²) in [6.07, 6.45) is 4.13. The average Bonchev–Trinajstić information content (AvgIpc) is 3.11. The molecular weight excluding hydrogens is 520 g/mol. The first kappa shape index (κ1) is 30.1. The van der Waals surface area contributed by atoms with Crippen molar-refractivity contribution in [3.05, 3.63) is 90.0 Å². The van der Waals surface area contributed by atoms with Gasteiger partial charge in [0.15, 0.2) is 6.61 Å². The maximum Gasteiger partial charge on any atom is 0.262 e. The molecular formula is C29H36N2O7S. The van der Waals surface area contributed by atoms with Crippen LogP contribution in [-0.2, 0) is 27.8 Å². The second kappa shape index (κ2) is 15.2. The zero-order valence-corrected chi connectivity index (χ0v) is 22.8. The molecule has 39 heavy (non-hydrogen) atoms. The number of fused-ring (bicyclic) bond motifs is 1. The summed E-state index contributed by atoms with van der Waals surface area (Å²) in [6, 6.07) is 25.2. The molecule has 0 aliphatic heterocycles. The van der Waals surface area contributed by atoms with Crippen LogP contribution in [0.15, 0.2) is 78.9 Å². The number of carbonyl (C=O) groups is 1. The van der Waals surface area contributed by atoms with Crippen molar-refractivity contribution in [3.8, 4) is 11.5 Å². The highest BCUT2D eigenvalue weighted by atomic mass is 32.2. The molecule has 0 aromatic heterocycles. The van der Waals surface area contributed by atoms with Gasteiger partial charge in [0.2, 0.25) is 0 Å². The second-order valence-corrected chi connectivity index (χ2v) is 10.8. The molecule has 1 aliphatic carbocycles. The van der Waals surface area contributed by atoms with Gasteiger partial charge in [-0.3, -0.25) is 9.35 Å². The minimum absolute atomic E-state index is 0.0387. The molecule has 4 rings (SSSR count). The summed E-state index contributed by atoms with van der Waals surface area (Å²) < 4.78 is 37.3. The van der Waals surface area contributed by atoms with Gasteiger partial charge in [-0.2, -0.15) is 8.42 Å². The maximum atomic E-state index is 12.2. The number of rotatable bonds is 10. The lowest BCUT2D eigenvalue weighted by molar-refractivity contribution is -0.118. The number of nitrogens with one attached hydrogen (secondary N) is 2. The number of aliphatic hydroxyl groups is 1. The topological polar surface area (TPSA) is 134 Å². The van der Waals surface area contributed by atoms with Crippen LogP contribution in [0, 0.1) is 0 Å². The van der Waals surface area contributed by atoms with Crippen molar-refractivity contribution in [2.24, 2.45) is 0 Å². The van der Waals surface area contributed by atoms with Crippen molar-refractivity contribution >= 4 is 21.7 Å². The molecule has 9 nitrogen and oxygen atoms in total. The Hall–Kier alpha value is -3.44. The zero-order valence-electron chi connectivity index (χ0n) is 22.0. The first-order valence-electron chi connectivity index (χ1n) is 12.8. The number of aryl methyl sites for hydroxylation is 1.